The first kappa shape index (κ1) is 18.1. The molecule has 6 nitrogen and oxygen atoms in total. The lowest BCUT2D eigenvalue weighted by molar-refractivity contribution is -0.126. The van der Waals surface area contributed by atoms with E-state index in [1.165, 1.54) is 0 Å². The fourth-order valence-electron chi connectivity index (χ4n) is 2.76. The van der Waals surface area contributed by atoms with Crippen LogP contribution in [-0.2, 0) is 11.3 Å². The van der Waals surface area contributed by atoms with Crippen LogP contribution >= 0.6 is 0 Å². The number of nitrogens with zero attached hydrogens (tertiary/aromatic N) is 1. The summed E-state index contributed by atoms with van der Waals surface area (Å²) in [5, 5.41) is 5.87. The second-order valence-corrected chi connectivity index (χ2v) is 6.43. The summed E-state index contributed by atoms with van der Waals surface area (Å²) in [6, 6.07) is 7.74. The Hall–Kier alpha value is -2.24. The van der Waals surface area contributed by atoms with Crippen LogP contribution in [0.1, 0.15) is 32.3 Å². The van der Waals surface area contributed by atoms with Crippen molar-refractivity contribution in [2.24, 2.45) is 5.92 Å². The number of urea groups is 1. The van der Waals surface area contributed by atoms with E-state index in [1.54, 1.807) is 12.0 Å². The lowest BCUT2D eigenvalue weighted by Gasteiger charge is -2.32. The molecule has 132 valence electrons. The summed E-state index contributed by atoms with van der Waals surface area (Å²) in [6.45, 7) is 5.64. The van der Waals surface area contributed by atoms with Gasteiger partial charge in [0, 0.05) is 31.6 Å². The average Bonchev–Trinajstić information content (AvgIpc) is 2.59. The molecule has 1 saturated heterocycles. The summed E-state index contributed by atoms with van der Waals surface area (Å²) in [5.74, 6) is 0.846. The van der Waals surface area contributed by atoms with E-state index in [0.29, 0.717) is 32.5 Å². The van der Waals surface area contributed by atoms with E-state index in [-0.39, 0.29) is 23.9 Å². The molecule has 24 heavy (non-hydrogen) atoms. The number of methoxy groups -OCH3 is 1. The zero-order valence-corrected chi connectivity index (χ0v) is 14.7. The number of benzene rings is 1. The van der Waals surface area contributed by atoms with Gasteiger partial charge in [0.05, 0.1) is 7.11 Å². The minimum Gasteiger partial charge on any atom is -0.497 e. The Bertz CT molecular complexity index is 549. The highest BCUT2D eigenvalue weighted by atomic mass is 16.5. The number of carbonyl (C=O) groups is 2. The summed E-state index contributed by atoms with van der Waals surface area (Å²) in [5.41, 5.74) is 1.04. The van der Waals surface area contributed by atoms with Crippen molar-refractivity contribution in [2.75, 3.05) is 20.2 Å². The number of nitrogens with one attached hydrogen (secondary N) is 2. The average molecular weight is 333 g/mol. The van der Waals surface area contributed by atoms with Crippen LogP contribution in [-0.4, -0.2) is 43.1 Å². The van der Waals surface area contributed by atoms with Gasteiger partial charge in [-0.3, -0.25) is 4.79 Å². The van der Waals surface area contributed by atoms with E-state index in [1.807, 2.05) is 38.1 Å². The number of ether oxygens (including phenoxy) is 1. The van der Waals surface area contributed by atoms with Crippen molar-refractivity contribution in [3.63, 3.8) is 0 Å². The molecular formula is C18H27N3O3. The van der Waals surface area contributed by atoms with Crippen molar-refractivity contribution in [2.45, 2.75) is 39.3 Å². The first-order valence-electron chi connectivity index (χ1n) is 8.45. The molecule has 0 aliphatic carbocycles. The van der Waals surface area contributed by atoms with Gasteiger partial charge in [0.1, 0.15) is 5.75 Å². The van der Waals surface area contributed by atoms with E-state index >= 15 is 0 Å². The Labute approximate surface area is 143 Å². The minimum absolute atomic E-state index is 0.0219. The molecule has 0 saturated carbocycles. The molecule has 0 atom stereocenters. The standard InChI is InChI=1S/C18H27N3O3/c1-13(2)20-18(23)21-10-8-15(9-11-21)17(22)19-12-14-4-6-16(24-3)7-5-14/h4-7,13,15H,8-12H2,1-3H3,(H,19,22)(H,20,23). The molecule has 1 heterocycles. The fraction of sp³-hybridized carbons (Fsp3) is 0.556. The molecule has 0 radical (unpaired) electrons. The maximum Gasteiger partial charge on any atom is 0.317 e. The second kappa shape index (κ2) is 8.57. The molecule has 0 bridgehead atoms. The Morgan fingerprint density at radius 1 is 1.21 bits per heavy atom. The topological polar surface area (TPSA) is 70.7 Å². The molecule has 1 aliphatic rings. The van der Waals surface area contributed by atoms with Crippen LogP contribution in [0.3, 0.4) is 0 Å². The zero-order valence-electron chi connectivity index (χ0n) is 14.7. The van der Waals surface area contributed by atoms with E-state index in [4.69, 9.17) is 4.74 Å². The Morgan fingerprint density at radius 3 is 2.38 bits per heavy atom. The third-order valence-electron chi connectivity index (χ3n) is 4.19. The van der Waals surface area contributed by atoms with Gasteiger partial charge in [-0.15, -0.1) is 0 Å². The maximum absolute atomic E-state index is 12.3. The predicted octanol–water partition coefficient (Wildman–Crippen LogP) is 2.14. The van der Waals surface area contributed by atoms with Crippen molar-refractivity contribution in [3.8, 4) is 5.75 Å². The lowest BCUT2D eigenvalue weighted by Crippen LogP contribution is -2.48. The monoisotopic (exact) mass is 333 g/mol. The van der Waals surface area contributed by atoms with Crippen LogP contribution in [0, 0.1) is 5.92 Å². The van der Waals surface area contributed by atoms with E-state index in [2.05, 4.69) is 10.6 Å². The largest absolute Gasteiger partial charge is 0.497 e. The normalized spacial score (nSPS) is 15.2. The highest BCUT2D eigenvalue weighted by Crippen LogP contribution is 2.18. The third-order valence-corrected chi connectivity index (χ3v) is 4.19. The van der Waals surface area contributed by atoms with Gasteiger partial charge >= 0.3 is 6.03 Å². The summed E-state index contributed by atoms with van der Waals surface area (Å²) in [6.07, 6.45) is 1.42. The highest BCUT2D eigenvalue weighted by molar-refractivity contribution is 5.79. The van der Waals surface area contributed by atoms with Crippen molar-refractivity contribution in [1.82, 2.24) is 15.5 Å². The molecule has 1 fully saturated rings. The first-order valence-corrected chi connectivity index (χ1v) is 8.45. The zero-order chi connectivity index (χ0) is 17.5. The molecule has 1 aromatic carbocycles. The molecular weight excluding hydrogens is 306 g/mol. The van der Waals surface area contributed by atoms with Crippen LogP contribution in [0.15, 0.2) is 24.3 Å². The number of rotatable bonds is 5. The van der Waals surface area contributed by atoms with Crippen molar-refractivity contribution in [1.29, 1.82) is 0 Å². The van der Waals surface area contributed by atoms with Crippen LogP contribution in [0.2, 0.25) is 0 Å². The van der Waals surface area contributed by atoms with E-state index < -0.39 is 0 Å². The number of hydrogen-bond acceptors (Lipinski definition) is 3. The fourth-order valence-corrected chi connectivity index (χ4v) is 2.76. The van der Waals surface area contributed by atoms with Crippen LogP contribution in [0.25, 0.3) is 0 Å². The summed E-state index contributed by atoms with van der Waals surface area (Å²) >= 11 is 0. The van der Waals surface area contributed by atoms with Gasteiger partial charge in [0.2, 0.25) is 5.91 Å². The molecule has 0 spiro atoms. The number of likely N-dealkylation sites (tertiary alicyclic amines) is 1. The van der Waals surface area contributed by atoms with Crippen molar-refractivity contribution >= 4 is 11.9 Å². The van der Waals surface area contributed by atoms with Gasteiger partial charge in [0.15, 0.2) is 0 Å². The summed E-state index contributed by atoms with van der Waals surface area (Å²) in [4.78, 5) is 26.0. The maximum atomic E-state index is 12.3. The SMILES string of the molecule is COc1ccc(CNC(=O)C2CCN(C(=O)NC(C)C)CC2)cc1. The highest BCUT2D eigenvalue weighted by Gasteiger charge is 2.27. The molecule has 1 aliphatic heterocycles. The first-order chi connectivity index (χ1) is 11.5. The second-order valence-electron chi connectivity index (χ2n) is 6.43. The van der Waals surface area contributed by atoms with Crippen molar-refractivity contribution in [3.05, 3.63) is 29.8 Å². The Morgan fingerprint density at radius 2 is 1.83 bits per heavy atom. The Balaban J connectivity index is 1.75. The number of carbonyl (C=O) groups excluding carboxylic acids is 2. The molecule has 2 rings (SSSR count). The number of amides is 3. The van der Waals surface area contributed by atoms with Crippen LogP contribution < -0.4 is 15.4 Å². The van der Waals surface area contributed by atoms with E-state index in [0.717, 1.165) is 11.3 Å². The Kier molecular flexibility index (Phi) is 6.46. The number of piperidine rings is 1. The number of hydrogen-bond donors (Lipinski definition) is 2. The molecule has 0 unspecified atom stereocenters. The van der Waals surface area contributed by atoms with Gasteiger partial charge in [-0.1, -0.05) is 12.1 Å². The van der Waals surface area contributed by atoms with Gasteiger partial charge in [0.25, 0.3) is 0 Å². The summed E-state index contributed by atoms with van der Waals surface area (Å²) in [7, 11) is 1.63. The molecule has 0 aromatic heterocycles. The van der Waals surface area contributed by atoms with Crippen LogP contribution in [0.4, 0.5) is 4.79 Å². The minimum atomic E-state index is -0.0397. The predicted molar refractivity (Wildman–Crippen MR) is 92.8 cm³/mol. The molecule has 6 heteroatoms. The van der Waals surface area contributed by atoms with Gasteiger partial charge in [-0.25, -0.2) is 4.79 Å². The molecule has 3 amide bonds. The summed E-state index contributed by atoms with van der Waals surface area (Å²) < 4.78 is 5.12. The third kappa shape index (κ3) is 5.15. The lowest BCUT2D eigenvalue weighted by atomic mass is 9.96. The van der Waals surface area contributed by atoms with E-state index in [9.17, 15) is 9.59 Å². The molecule has 1 aromatic rings. The molecule has 2 N–H and O–H groups in total. The van der Waals surface area contributed by atoms with Gasteiger partial charge in [-0.05, 0) is 44.4 Å². The quantitative estimate of drug-likeness (QED) is 0.867. The van der Waals surface area contributed by atoms with Gasteiger partial charge < -0.3 is 20.3 Å². The smallest absolute Gasteiger partial charge is 0.317 e. The van der Waals surface area contributed by atoms with Gasteiger partial charge in [-0.2, -0.15) is 0 Å². The van der Waals surface area contributed by atoms with Crippen molar-refractivity contribution < 1.29 is 14.3 Å². The van der Waals surface area contributed by atoms with Crippen LogP contribution in [0.5, 0.6) is 5.75 Å².